The number of hydrogen-bond donors (Lipinski definition) is 1. The van der Waals surface area contributed by atoms with Crippen LogP contribution in [0, 0.1) is 5.92 Å². The van der Waals surface area contributed by atoms with Gasteiger partial charge in [0.1, 0.15) is 5.82 Å². The van der Waals surface area contributed by atoms with Crippen LogP contribution in [0.5, 0.6) is 0 Å². The molecule has 1 aromatic rings. The second-order valence-corrected chi connectivity index (χ2v) is 6.67. The Morgan fingerprint density at radius 3 is 2.83 bits per heavy atom. The Morgan fingerprint density at radius 2 is 2.22 bits per heavy atom. The maximum atomic E-state index is 5.69. The van der Waals surface area contributed by atoms with E-state index in [1.807, 2.05) is 0 Å². The molecule has 2 atom stereocenters. The normalized spacial score (nSPS) is 24.4. The molecule has 2 heterocycles. The van der Waals surface area contributed by atoms with Crippen LogP contribution in [-0.4, -0.2) is 28.6 Å². The number of aromatic nitrogens is 2. The van der Waals surface area contributed by atoms with Gasteiger partial charge >= 0.3 is 0 Å². The smallest absolute Gasteiger partial charge is 0.202 e. The van der Waals surface area contributed by atoms with Gasteiger partial charge in [0.2, 0.25) is 5.13 Å². The van der Waals surface area contributed by atoms with Crippen molar-refractivity contribution in [2.24, 2.45) is 5.92 Å². The molecule has 1 saturated heterocycles. The average Bonchev–Trinajstić information content (AvgIpc) is 2.94. The Morgan fingerprint density at radius 1 is 1.44 bits per heavy atom. The van der Waals surface area contributed by atoms with E-state index in [4.69, 9.17) is 4.74 Å². The number of nitrogens with zero attached hydrogens (tertiary/aromatic N) is 2. The molecule has 0 radical (unpaired) electrons. The van der Waals surface area contributed by atoms with Crippen LogP contribution < -0.4 is 5.32 Å². The van der Waals surface area contributed by atoms with Crippen molar-refractivity contribution >= 4 is 16.7 Å². The fraction of sp³-hybridized carbons (Fsp3) is 0.846. The van der Waals surface area contributed by atoms with Crippen LogP contribution in [0.25, 0.3) is 0 Å². The molecule has 2 rings (SSSR count). The van der Waals surface area contributed by atoms with Gasteiger partial charge in [-0.15, -0.1) is 0 Å². The summed E-state index contributed by atoms with van der Waals surface area (Å²) in [5.41, 5.74) is 0.0266. The lowest BCUT2D eigenvalue weighted by Gasteiger charge is -2.16. The molecule has 4 nitrogen and oxygen atoms in total. The fourth-order valence-electron chi connectivity index (χ4n) is 2.20. The maximum Gasteiger partial charge on any atom is 0.202 e. The number of nitrogens with one attached hydrogen (secondary N) is 1. The van der Waals surface area contributed by atoms with Gasteiger partial charge in [0, 0.05) is 36.0 Å². The second-order valence-electron chi connectivity index (χ2n) is 5.92. The number of ether oxygens (including phenoxy) is 1. The minimum atomic E-state index is 0.0266. The van der Waals surface area contributed by atoms with E-state index in [0.717, 1.165) is 36.9 Å². The highest BCUT2D eigenvalue weighted by Crippen LogP contribution is 2.26. The summed E-state index contributed by atoms with van der Waals surface area (Å²) < 4.78 is 10.1. The van der Waals surface area contributed by atoms with Crippen molar-refractivity contribution in [3.05, 3.63) is 5.82 Å². The molecule has 1 fully saturated rings. The van der Waals surface area contributed by atoms with Crippen LogP contribution in [0.3, 0.4) is 0 Å². The maximum absolute atomic E-state index is 5.69. The van der Waals surface area contributed by atoms with Gasteiger partial charge in [-0.3, -0.25) is 0 Å². The topological polar surface area (TPSA) is 47.0 Å². The summed E-state index contributed by atoms with van der Waals surface area (Å²) in [4.78, 5) is 4.55. The highest BCUT2D eigenvalue weighted by atomic mass is 32.1. The summed E-state index contributed by atoms with van der Waals surface area (Å²) in [6.07, 6.45) is 2.65. The molecule has 0 amide bonds. The summed E-state index contributed by atoms with van der Waals surface area (Å²) in [6, 6.07) is 0. The monoisotopic (exact) mass is 269 g/mol. The minimum absolute atomic E-state index is 0.0266. The molecule has 0 spiro atoms. The zero-order valence-electron chi connectivity index (χ0n) is 11.7. The van der Waals surface area contributed by atoms with E-state index in [1.165, 1.54) is 11.5 Å². The zero-order valence-corrected chi connectivity index (χ0v) is 12.5. The molecular formula is C13H23N3OS. The third-order valence-corrected chi connectivity index (χ3v) is 4.03. The molecule has 0 aliphatic carbocycles. The van der Waals surface area contributed by atoms with Crippen molar-refractivity contribution in [2.75, 3.05) is 18.5 Å². The van der Waals surface area contributed by atoms with Crippen LogP contribution in [0.1, 0.15) is 46.4 Å². The lowest BCUT2D eigenvalue weighted by Crippen LogP contribution is -2.22. The minimum Gasteiger partial charge on any atom is -0.378 e. The first-order chi connectivity index (χ1) is 8.50. The predicted molar refractivity (Wildman–Crippen MR) is 75.2 cm³/mol. The number of anilines is 1. The van der Waals surface area contributed by atoms with Gasteiger partial charge < -0.3 is 10.1 Å². The van der Waals surface area contributed by atoms with Crippen LogP contribution >= 0.6 is 11.5 Å². The zero-order chi connectivity index (χ0) is 13.2. The standard InChI is InChI=1S/C13H23N3OS/c1-5-10-9(6-7-17-10)8-14-12-15-11(16-18-12)13(2,3)4/h9-10H,5-8H2,1-4H3,(H,14,15,16). The van der Waals surface area contributed by atoms with E-state index < -0.39 is 0 Å². The van der Waals surface area contributed by atoms with Gasteiger partial charge in [-0.2, -0.15) is 4.37 Å². The predicted octanol–water partition coefficient (Wildman–Crippen LogP) is 3.06. The van der Waals surface area contributed by atoms with Crippen LogP contribution in [0.15, 0.2) is 0 Å². The second kappa shape index (κ2) is 5.53. The fourth-order valence-corrected chi connectivity index (χ4v) is 2.96. The van der Waals surface area contributed by atoms with Crippen molar-refractivity contribution in [3.8, 4) is 0 Å². The van der Waals surface area contributed by atoms with Crippen molar-refractivity contribution in [2.45, 2.75) is 52.1 Å². The van der Waals surface area contributed by atoms with E-state index in [2.05, 4.69) is 42.4 Å². The largest absolute Gasteiger partial charge is 0.378 e. The average molecular weight is 269 g/mol. The molecule has 0 saturated carbocycles. The molecule has 18 heavy (non-hydrogen) atoms. The molecule has 5 heteroatoms. The van der Waals surface area contributed by atoms with Gasteiger partial charge in [-0.1, -0.05) is 27.7 Å². The molecule has 1 aromatic heterocycles. The number of rotatable bonds is 4. The SMILES string of the molecule is CCC1OCCC1CNc1nc(C(C)(C)C)ns1. The molecule has 1 aliphatic rings. The first-order valence-electron chi connectivity index (χ1n) is 6.70. The quantitative estimate of drug-likeness (QED) is 0.912. The Balaban J connectivity index is 1.89. The Kier molecular flexibility index (Phi) is 4.22. The molecule has 1 N–H and O–H groups in total. The van der Waals surface area contributed by atoms with Crippen molar-refractivity contribution in [1.82, 2.24) is 9.36 Å². The van der Waals surface area contributed by atoms with E-state index in [1.54, 1.807) is 0 Å². The Bertz CT molecular complexity index is 386. The molecule has 1 aliphatic heterocycles. The molecule has 102 valence electrons. The highest BCUT2D eigenvalue weighted by molar-refractivity contribution is 7.09. The first kappa shape index (κ1) is 13.7. The van der Waals surface area contributed by atoms with Crippen LogP contribution in [0.4, 0.5) is 5.13 Å². The van der Waals surface area contributed by atoms with Gasteiger partial charge in [0.15, 0.2) is 0 Å². The summed E-state index contributed by atoms with van der Waals surface area (Å²) in [6.45, 7) is 10.4. The van der Waals surface area contributed by atoms with Crippen LogP contribution in [0.2, 0.25) is 0 Å². The van der Waals surface area contributed by atoms with Gasteiger partial charge in [-0.25, -0.2) is 4.98 Å². The van der Waals surface area contributed by atoms with Gasteiger partial charge in [0.25, 0.3) is 0 Å². The van der Waals surface area contributed by atoms with E-state index in [0.29, 0.717) is 12.0 Å². The van der Waals surface area contributed by atoms with Gasteiger partial charge in [0.05, 0.1) is 6.10 Å². The lowest BCUT2D eigenvalue weighted by atomic mass is 9.96. The molecular weight excluding hydrogens is 246 g/mol. The summed E-state index contributed by atoms with van der Waals surface area (Å²) >= 11 is 1.46. The van der Waals surface area contributed by atoms with E-state index in [9.17, 15) is 0 Å². The summed E-state index contributed by atoms with van der Waals surface area (Å²) in [7, 11) is 0. The first-order valence-corrected chi connectivity index (χ1v) is 7.47. The molecule has 0 bridgehead atoms. The highest BCUT2D eigenvalue weighted by Gasteiger charge is 2.27. The van der Waals surface area contributed by atoms with E-state index >= 15 is 0 Å². The van der Waals surface area contributed by atoms with Gasteiger partial charge in [-0.05, 0) is 12.8 Å². The third-order valence-electron chi connectivity index (χ3n) is 3.36. The molecule has 0 aromatic carbocycles. The molecule has 2 unspecified atom stereocenters. The van der Waals surface area contributed by atoms with Crippen molar-refractivity contribution < 1.29 is 4.74 Å². The third kappa shape index (κ3) is 3.20. The van der Waals surface area contributed by atoms with Crippen molar-refractivity contribution in [1.29, 1.82) is 0 Å². The Labute approximate surface area is 113 Å². The summed E-state index contributed by atoms with van der Waals surface area (Å²) in [5.74, 6) is 1.53. The number of hydrogen-bond acceptors (Lipinski definition) is 5. The van der Waals surface area contributed by atoms with E-state index in [-0.39, 0.29) is 5.41 Å². The lowest BCUT2D eigenvalue weighted by molar-refractivity contribution is 0.0900. The Hall–Kier alpha value is -0.680. The van der Waals surface area contributed by atoms with Crippen LogP contribution in [-0.2, 0) is 10.2 Å². The van der Waals surface area contributed by atoms with Crippen molar-refractivity contribution in [3.63, 3.8) is 0 Å². The summed E-state index contributed by atoms with van der Waals surface area (Å²) in [5, 5.41) is 4.34.